The van der Waals surface area contributed by atoms with Crippen molar-refractivity contribution in [3.8, 4) is 0 Å². The Balaban J connectivity index is 1.93. The smallest absolute Gasteiger partial charge is 0.338 e. The van der Waals surface area contributed by atoms with Crippen LogP contribution >= 0.6 is 27.7 Å². The van der Waals surface area contributed by atoms with Gasteiger partial charge in [-0.05, 0) is 48.9 Å². The maximum absolute atomic E-state index is 11.5. The maximum Gasteiger partial charge on any atom is 0.338 e. The van der Waals surface area contributed by atoms with Gasteiger partial charge in [0.05, 0.1) is 12.2 Å². The van der Waals surface area contributed by atoms with E-state index in [1.807, 2.05) is 36.4 Å². The van der Waals surface area contributed by atoms with Gasteiger partial charge in [0.15, 0.2) is 0 Å². The molecular formula is C16H15BrO2S. The zero-order valence-electron chi connectivity index (χ0n) is 11.1. The largest absolute Gasteiger partial charge is 0.462 e. The van der Waals surface area contributed by atoms with Crippen LogP contribution in [0.1, 0.15) is 22.8 Å². The second kappa shape index (κ2) is 7.50. The van der Waals surface area contributed by atoms with Gasteiger partial charge in [-0.25, -0.2) is 4.79 Å². The molecule has 0 aliphatic rings. The molecular weight excluding hydrogens is 336 g/mol. The van der Waals surface area contributed by atoms with Gasteiger partial charge in [0.2, 0.25) is 0 Å². The molecule has 2 aromatic carbocycles. The molecule has 0 fully saturated rings. The first-order valence-electron chi connectivity index (χ1n) is 6.33. The van der Waals surface area contributed by atoms with Crippen LogP contribution in [0.5, 0.6) is 0 Å². The minimum absolute atomic E-state index is 0.264. The number of carbonyl (C=O) groups is 1. The first kappa shape index (κ1) is 15.1. The van der Waals surface area contributed by atoms with E-state index in [1.54, 1.807) is 18.7 Å². The lowest BCUT2D eigenvalue weighted by atomic mass is 10.1. The van der Waals surface area contributed by atoms with Crippen molar-refractivity contribution in [2.45, 2.75) is 17.6 Å². The van der Waals surface area contributed by atoms with Gasteiger partial charge in [-0.2, -0.15) is 0 Å². The van der Waals surface area contributed by atoms with Crippen LogP contribution in [0.3, 0.4) is 0 Å². The number of carbonyl (C=O) groups excluding carboxylic acids is 1. The zero-order chi connectivity index (χ0) is 14.4. The molecule has 104 valence electrons. The van der Waals surface area contributed by atoms with Crippen molar-refractivity contribution < 1.29 is 9.53 Å². The summed E-state index contributed by atoms with van der Waals surface area (Å²) in [7, 11) is 0. The highest BCUT2D eigenvalue weighted by Gasteiger charge is 2.05. The molecule has 0 N–H and O–H groups in total. The van der Waals surface area contributed by atoms with Crippen molar-refractivity contribution in [3.05, 3.63) is 64.1 Å². The zero-order valence-corrected chi connectivity index (χ0v) is 13.5. The maximum atomic E-state index is 11.5. The van der Waals surface area contributed by atoms with Crippen molar-refractivity contribution in [2.24, 2.45) is 0 Å². The minimum atomic E-state index is -0.264. The molecule has 0 aliphatic carbocycles. The first-order valence-corrected chi connectivity index (χ1v) is 8.11. The van der Waals surface area contributed by atoms with Gasteiger partial charge in [0.1, 0.15) is 0 Å². The number of thioether (sulfide) groups is 1. The van der Waals surface area contributed by atoms with E-state index in [4.69, 9.17) is 4.74 Å². The molecule has 4 heteroatoms. The molecule has 0 radical (unpaired) electrons. The van der Waals surface area contributed by atoms with Gasteiger partial charge in [0.25, 0.3) is 0 Å². The van der Waals surface area contributed by atoms with Crippen molar-refractivity contribution in [1.82, 2.24) is 0 Å². The molecule has 0 unspecified atom stereocenters. The Bertz CT molecular complexity index is 564. The summed E-state index contributed by atoms with van der Waals surface area (Å²) in [5.74, 6) is 0.615. The fraction of sp³-hybridized carbons (Fsp3) is 0.188. The summed E-state index contributed by atoms with van der Waals surface area (Å²) in [6.07, 6.45) is 0. The first-order chi connectivity index (χ1) is 9.69. The average molecular weight is 351 g/mol. The summed E-state index contributed by atoms with van der Waals surface area (Å²) in [5.41, 5.74) is 1.79. The second-order valence-electron chi connectivity index (χ2n) is 4.16. The molecule has 20 heavy (non-hydrogen) atoms. The molecule has 2 rings (SSSR count). The monoisotopic (exact) mass is 350 g/mol. The van der Waals surface area contributed by atoms with Crippen LogP contribution < -0.4 is 0 Å². The molecule has 0 spiro atoms. The summed E-state index contributed by atoms with van der Waals surface area (Å²) in [5, 5.41) is 0. The van der Waals surface area contributed by atoms with Crippen molar-refractivity contribution in [2.75, 3.05) is 6.61 Å². The fourth-order valence-electron chi connectivity index (χ4n) is 1.65. The van der Waals surface area contributed by atoms with Gasteiger partial charge in [-0.3, -0.25) is 0 Å². The Hall–Kier alpha value is -1.26. The van der Waals surface area contributed by atoms with E-state index in [0.29, 0.717) is 12.2 Å². The third-order valence-corrected chi connectivity index (χ3v) is 4.30. The molecule has 2 nitrogen and oxygen atoms in total. The van der Waals surface area contributed by atoms with Gasteiger partial charge >= 0.3 is 5.97 Å². The van der Waals surface area contributed by atoms with Crippen LogP contribution in [0.25, 0.3) is 0 Å². The highest BCUT2D eigenvalue weighted by atomic mass is 79.9. The topological polar surface area (TPSA) is 26.3 Å². The number of hydrogen-bond acceptors (Lipinski definition) is 3. The lowest BCUT2D eigenvalue weighted by Gasteiger charge is -2.04. The van der Waals surface area contributed by atoms with Gasteiger partial charge in [-0.15, -0.1) is 11.8 Å². The number of esters is 1. The average Bonchev–Trinajstić information content (AvgIpc) is 2.47. The molecule has 2 aromatic rings. The van der Waals surface area contributed by atoms with E-state index >= 15 is 0 Å². The van der Waals surface area contributed by atoms with Crippen molar-refractivity contribution in [3.63, 3.8) is 0 Å². The fourth-order valence-corrected chi connectivity index (χ4v) is 2.77. The summed E-state index contributed by atoms with van der Waals surface area (Å²) < 4.78 is 6.04. The van der Waals surface area contributed by atoms with Crippen LogP contribution in [0.15, 0.2) is 57.9 Å². The molecule has 0 amide bonds. The number of ether oxygens (including phenoxy) is 1. The summed E-state index contributed by atoms with van der Waals surface area (Å²) in [6, 6.07) is 15.8. The Labute approximate surface area is 131 Å². The third-order valence-electron chi connectivity index (χ3n) is 2.68. The second-order valence-corrected chi connectivity index (χ2v) is 6.12. The van der Waals surface area contributed by atoms with Crippen LogP contribution in [0.4, 0.5) is 0 Å². The third kappa shape index (κ3) is 4.39. The highest BCUT2D eigenvalue weighted by Crippen LogP contribution is 2.24. The predicted octanol–water partition coefficient (Wildman–Crippen LogP) is 4.92. The highest BCUT2D eigenvalue weighted by molar-refractivity contribution is 9.10. The Morgan fingerprint density at radius 1 is 1.10 bits per heavy atom. The summed E-state index contributed by atoms with van der Waals surface area (Å²) in [4.78, 5) is 12.8. The molecule has 0 saturated heterocycles. The van der Waals surface area contributed by atoms with E-state index < -0.39 is 0 Å². The number of rotatable bonds is 5. The molecule has 0 bridgehead atoms. The minimum Gasteiger partial charge on any atom is -0.462 e. The Kier molecular flexibility index (Phi) is 5.68. The molecule has 0 aliphatic heterocycles. The Morgan fingerprint density at radius 3 is 2.35 bits per heavy atom. The number of halogens is 1. The lowest BCUT2D eigenvalue weighted by Crippen LogP contribution is -2.04. The van der Waals surface area contributed by atoms with Crippen LogP contribution in [-0.4, -0.2) is 12.6 Å². The van der Waals surface area contributed by atoms with Gasteiger partial charge in [0, 0.05) is 15.1 Å². The van der Waals surface area contributed by atoms with E-state index in [9.17, 15) is 4.79 Å². The molecule has 0 atom stereocenters. The predicted molar refractivity (Wildman–Crippen MR) is 86.1 cm³/mol. The molecule has 0 aromatic heterocycles. The summed E-state index contributed by atoms with van der Waals surface area (Å²) >= 11 is 5.19. The van der Waals surface area contributed by atoms with Crippen molar-refractivity contribution >= 4 is 33.7 Å². The number of benzene rings is 2. The van der Waals surface area contributed by atoms with E-state index in [1.165, 1.54) is 10.5 Å². The van der Waals surface area contributed by atoms with Gasteiger partial charge < -0.3 is 4.74 Å². The normalized spacial score (nSPS) is 10.3. The van der Waals surface area contributed by atoms with Crippen LogP contribution in [0, 0.1) is 0 Å². The molecule has 0 heterocycles. The van der Waals surface area contributed by atoms with Crippen molar-refractivity contribution in [1.29, 1.82) is 0 Å². The van der Waals surface area contributed by atoms with E-state index in [-0.39, 0.29) is 5.97 Å². The van der Waals surface area contributed by atoms with Gasteiger partial charge in [-0.1, -0.05) is 28.1 Å². The van der Waals surface area contributed by atoms with Crippen LogP contribution in [-0.2, 0) is 10.5 Å². The van der Waals surface area contributed by atoms with Crippen LogP contribution in [0.2, 0.25) is 0 Å². The van der Waals surface area contributed by atoms with E-state index in [2.05, 4.69) is 28.1 Å². The SMILES string of the molecule is CCOC(=O)c1ccc(CSc2ccc(Br)cc2)cc1. The van der Waals surface area contributed by atoms with E-state index in [0.717, 1.165) is 10.2 Å². The number of hydrogen-bond donors (Lipinski definition) is 0. The quantitative estimate of drug-likeness (QED) is 0.565. The summed E-state index contributed by atoms with van der Waals surface area (Å²) in [6.45, 7) is 2.21. The molecule has 0 saturated carbocycles. The Morgan fingerprint density at radius 2 is 1.75 bits per heavy atom. The lowest BCUT2D eigenvalue weighted by molar-refractivity contribution is 0.0526. The standard InChI is InChI=1S/C16H15BrO2S/c1-2-19-16(18)13-5-3-12(4-6-13)11-20-15-9-7-14(17)8-10-15/h3-10H,2,11H2,1H3.